The van der Waals surface area contributed by atoms with Gasteiger partial charge in [0.15, 0.2) is 0 Å². The highest BCUT2D eigenvalue weighted by Gasteiger charge is 2.33. The van der Waals surface area contributed by atoms with Crippen LogP contribution in [0.4, 0.5) is 5.69 Å². The standard InChI is InChI=1S/C29H35N3O6S/c1-5-27(29(34)30-6-2)31(20-22-12-16-24(37-3)17-13-22)28(33)21-32(23-14-18-25(38-4)19-15-23)39(35,36)26-10-8-7-9-11-26/h7-19,27H,5-6,20-21H2,1-4H3,(H,30,34)/t27-/m0/s1. The molecule has 208 valence electrons. The first-order valence-electron chi connectivity index (χ1n) is 12.7. The molecule has 0 saturated heterocycles. The zero-order valence-corrected chi connectivity index (χ0v) is 23.5. The van der Waals surface area contributed by atoms with Crippen LogP contribution in [-0.2, 0) is 26.2 Å². The fourth-order valence-corrected chi connectivity index (χ4v) is 5.57. The molecule has 0 heterocycles. The van der Waals surface area contributed by atoms with Gasteiger partial charge in [-0.05, 0) is 67.4 Å². The zero-order chi connectivity index (χ0) is 28.4. The summed E-state index contributed by atoms with van der Waals surface area (Å²) in [6.45, 7) is 3.63. The fourth-order valence-electron chi connectivity index (χ4n) is 4.14. The lowest BCUT2D eigenvalue weighted by molar-refractivity contribution is -0.140. The van der Waals surface area contributed by atoms with E-state index < -0.39 is 28.5 Å². The number of rotatable bonds is 13. The number of methoxy groups -OCH3 is 2. The third kappa shape index (κ3) is 7.29. The Labute approximate surface area is 230 Å². The number of likely N-dealkylation sites (N-methyl/N-ethyl adjacent to an activating group) is 1. The number of nitrogens with one attached hydrogen (secondary N) is 1. The second-order valence-corrected chi connectivity index (χ2v) is 10.6. The van der Waals surface area contributed by atoms with Crippen LogP contribution in [0.15, 0.2) is 83.8 Å². The van der Waals surface area contributed by atoms with Gasteiger partial charge in [0.2, 0.25) is 11.8 Å². The molecular weight excluding hydrogens is 518 g/mol. The topological polar surface area (TPSA) is 105 Å². The van der Waals surface area contributed by atoms with E-state index in [1.165, 1.54) is 24.1 Å². The van der Waals surface area contributed by atoms with Crippen molar-refractivity contribution in [3.05, 3.63) is 84.4 Å². The van der Waals surface area contributed by atoms with Crippen molar-refractivity contribution in [2.24, 2.45) is 0 Å². The van der Waals surface area contributed by atoms with Crippen LogP contribution in [0.3, 0.4) is 0 Å². The van der Waals surface area contributed by atoms with Crippen LogP contribution in [-0.4, -0.2) is 58.5 Å². The Hall–Kier alpha value is -4.05. The summed E-state index contributed by atoms with van der Waals surface area (Å²) in [5.74, 6) is 0.389. The molecule has 0 unspecified atom stereocenters. The molecule has 9 nitrogen and oxygen atoms in total. The van der Waals surface area contributed by atoms with Gasteiger partial charge in [0.05, 0.1) is 24.8 Å². The van der Waals surface area contributed by atoms with E-state index in [0.717, 1.165) is 9.87 Å². The lowest BCUT2D eigenvalue weighted by atomic mass is 10.1. The molecule has 1 N–H and O–H groups in total. The highest BCUT2D eigenvalue weighted by molar-refractivity contribution is 7.92. The molecule has 0 aliphatic heterocycles. The monoisotopic (exact) mass is 553 g/mol. The van der Waals surface area contributed by atoms with Crippen LogP contribution in [0.5, 0.6) is 11.5 Å². The number of hydrogen-bond acceptors (Lipinski definition) is 6. The van der Waals surface area contributed by atoms with Gasteiger partial charge in [-0.25, -0.2) is 8.42 Å². The average molecular weight is 554 g/mol. The number of amides is 2. The van der Waals surface area contributed by atoms with Gasteiger partial charge in [-0.1, -0.05) is 37.3 Å². The van der Waals surface area contributed by atoms with Crippen molar-refractivity contribution in [2.75, 3.05) is 31.6 Å². The van der Waals surface area contributed by atoms with E-state index in [4.69, 9.17) is 9.47 Å². The average Bonchev–Trinajstić information content (AvgIpc) is 2.96. The number of ether oxygens (including phenoxy) is 2. The van der Waals surface area contributed by atoms with Crippen LogP contribution in [0, 0.1) is 0 Å². The fraction of sp³-hybridized carbons (Fsp3) is 0.310. The Morgan fingerprint density at radius 3 is 1.92 bits per heavy atom. The molecular formula is C29H35N3O6S. The molecule has 0 aliphatic rings. The largest absolute Gasteiger partial charge is 0.497 e. The highest BCUT2D eigenvalue weighted by atomic mass is 32.2. The quantitative estimate of drug-likeness (QED) is 0.345. The molecule has 0 radical (unpaired) electrons. The van der Waals surface area contributed by atoms with Crippen LogP contribution in [0.1, 0.15) is 25.8 Å². The van der Waals surface area contributed by atoms with Crippen LogP contribution >= 0.6 is 0 Å². The number of benzene rings is 3. The molecule has 0 aliphatic carbocycles. The van der Waals surface area contributed by atoms with E-state index in [-0.39, 0.29) is 17.3 Å². The van der Waals surface area contributed by atoms with Gasteiger partial charge in [-0.3, -0.25) is 13.9 Å². The summed E-state index contributed by atoms with van der Waals surface area (Å²) in [6.07, 6.45) is 0.349. The molecule has 1 atom stereocenters. The van der Waals surface area contributed by atoms with Crippen molar-refractivity contribution in [1.29, 1.82) is 0 Å². The lowest BCUT2D eigenvalue weighted by Crippen LogP contribution is -2.52. The van der Waals surface area contributed by atoms with E-state index in [9.17, 15) is 18.0 Å². The van der Waals surface area contributed by atoms with Gasteiger partial charge in [-0.2, -0.15) is 0 Å². The van der Waals surface area contributed by atoms with Crippen molar-refractivity contribution >= 4 is 27.5 Å². The maximum absolute atomic E-state index is 14.0. The molecule has 2 amide bonds. The summed E-state index contributed by atoms with van der Waals surface area (Å²) in [6, 6.07) is 20.7. The van der Waals surface area contributed by atoms with Gasteiger partial charge in [-0.15, -0.1) is 0 Å². The Kier molecular flexibility index (Phi) is 10.3. The first-order valence-corrected chi connectivity index (χ1v) is 14.1. The third-order valence-corrected chi connectivity index (χ3v) is 8.01. The van der Waals surface area contributed by atoms with E-state index >= 15 is 0 Å². The summed E-state index contributed by atoms with van der Waals surface area (Å²) in [4.78, 5) is 28.4. The Bertz CT molecular complexity index is 1330. The molecule has 0 fully saturated rings. The van der Waals surface area contributed by atoms with Crippen molar-refractivity contribution in [1.82, 2.24) is 10.2 Å². The highest BCUT2D eigenvalue weighted by Crippen LogP contribution is 2.27. The molecule has 0 spiro atoms. The van der Waals surface area contributed by atoms with Crippen molar-refractivity contribution < 1.29 is 27.5 Å². The molecule has 0 aromatic heterocycles. The number of carbonyl (C=O) groups is 2. The first-order chi connectivity index (χ1) is 18.7. The number of anilines is 1. The van der Waals surface area contributed by atoms with Crippen molar-refractivity contribution in [2.45, 2.75) is 37.8 Å². The molecule has 3 aromatic carbocycles. The summed E-state index contributed by atoms with van der Waals surface area (Å²) in [5.41, 5.74) is 1.07. The summed E-state index contributed by atoms with van der Waals surface area (Å²) < 4.78 is 39.1. The Morgan fingerprint density at radius 2 is 1.41 bits per heavy atom. The maximum atomic E-state index is 14.0. The molecule has 3 aromatic rings. The van der Waals surface area contributed by atoms with Gasteiger partial charge >= 0.3 is 0 Å². The molecule has 39 heavy (non-hydrogen) atoms. The van der Waals surface area contributed by atoms with Gasteiger partial charge < -0.3 is 19.7 Å². The number of hydrogen-bond donors (Lipinski definition) is 1. The molecule has 0 saturated carbocycles. The van der Waals surface area contributed by atoms with Crippen LogP contribution < -0.4 is 19.1 Å². The minimum absolute atomic E-state index is 0.0473. The predicted molar refractivity (Wildman–Crippen MR) is 150 cm³/mol. The van der Waals surface area contributed by atoms with Gasteiger partial charge in [0.25, 0.3) is 10.0 Å². The van der Waals surface area contributed by atoms with E-state index in [0.29, 0.717) is 30.2 Å². The Balaban J connectivity index is 2.04. The van der Waals surface area contributed by atoms with E-state index in [2.05, 4.69) is 5.32 Å². The zero-order valence-electron chi connectivity index (χ0n) is 22.7. The smallest absolute Gasteiger partial charge is 0.264 e. The summed E-state index contributed by atoms with van der Waals surface area (Å²) in [7, 11) is -1.04. The van der Waals surface area contributed by atoms with Gasteiger partial charge in [0.1, 0.15) is 24.1 Å². The summed E-state index contributed by atoms with van der Waals surface area (Å²) >= 11 is 0. The van der Waals surface area contributed by atoms with Crippen LogP contribution in [0.2, 0.25) is 0 Å². The third-order valence-electron chi connectivity index (χ3n) is 6.22. The number of sulfonamides is 1. The van der Waals surface area contributed by atoms with Crippen molar-refractivity contribution in [3.63, 3.8) is 0 Å². The molecule has 0 bridgehead atoms. The van der Waals surface area contributed by atoms with Crippen LogP contribution in [0.25, 0.3) is 0 Å². The van der Waals surface area contributed by atoms with Crippen molar-refractivity contribution in [3.8, 4) is 11.5 Å². The van der Waals surface area contributed by atoms with E-state index in [1.807, 2.05) is 19.1 Å². The predicted octanol–water partition coefficient (Wildman–Crippen LogP) is 3.84. The molecule has 10 heteroatoms. The summed E-state index contributed by atoms with van der Waals surface area (Å²) in [5, 5.41) is 2.79. The second kappa shape index (κ2) is 13.7. The minimum atomic E-state index is -4.12. The lowest BCUT2D eigenvalue weighted by Gasteiger charge is -2.33. The SMILES string of the molecule is CCNC(=O)[C@H](CC)N(Cc1ccc(OC)cc1)C(=O)CN(c1ccc(OC)cc1)S(=O)(=O)c1ccccc1. The number of nitrogens with zero attached hydrogens (tertiary/aromatic N) is 2. The van der Waals surface area contributed by atoms with E-state index in [1.54, 1.807) is 68.6 Å². The normalized spacial score (nSPS) is 11.8. The number of carbonyl (C=O) groups excluding carboxylic acids is 2. The van der Waals surface area contributed by atoms with Gasteiger partial charge in [0, 0.05) is 13.1 Å². The maximum Gasteiger partial charge on any atom is 0.264 e. The Morgan fingerprint density at radius 1 is 0.846 bits per heavy atom. The first kappa shape index (κ1) is 29.5. The molecule has 3 rings (SSSR count). The minimum Gasteiger partial charge on any atom is -0.497 e. The second-order valence-electron chi connectivity index (χ2n) is 8.71.